The maximum Gasteiger partial charge on any atom is 0.251 e. The normalized spacial score (nSPS) is 15.9. The Morgan fingerprint density at radius 3 is 2.62 bits per heavy atom. The Kier molecular flexibility index (Phi) is 5.82. The largest absolute Gasteiger partial charge is 0.493 e. The highest BCUT2D eigenvalue weighted by atomic mass is 16.5. The first-order chi connectivity index (χ1) is 12.6. The van der Waals surface area contributed by atoms with Gasteiger partial charge in [-0.3, -0.25) is 4.79 Å². The summed E-state index contributed by atoms with van der Waals surface area (Å²) in [6.45, 7) is 8.72. The molecule has 1 heterocycles. The lowest BCUT2D eigenvalue weighted by Gasteiger charge is -2.27. The van der Waals surface area contributed by atoms with Gasteiger partial charge in [-0.05, 0) is 63.1 Å². The SMILES string of the molecule is CCN(c1ccc(C(=O)NCC2COc3ccccc3C2)cc1)C(C)C. The highest BCUT2D eigenvalue weighted by Crippen LogP contribution is 2.26. The molecule has 138 valence electrons. The van der Waals surface area contributed by atoms with Crippen molar-refractivity contribution in [3.63, 3.8) is 0 Å². The Morgan fingerprint density at radius 2 is 1.92 bits per heavy atom. The van der Waals surface area contributed by atoms with Gasteiger partial charge in [-0.2, -0.15) is 0 Å². The summed E-state index contributed by atoms with van der Waals surface area (Å²) in [5.41, 5.74) is 3.07. The molecule has 2 aromatic carbocycles. The van der Waals surface area contributed by atoms with Gasteiger partial charge in [0.2, 0.25) is 0 Å². The predicted molar refractivity (Wildman–Crippen MR) is 106 cm³/mol. The van der Waals surface area contributed by atoms with Crippen LogP contribution in [0.25, 0.3) is 0 Å². The Morgan fingerprint density at radius 1 is 1.19 bits per heavy atom. The van der Waals surface area contributed by atoms with Crippen LogP contribution >= 0.6 is 0 Å². The number of ether oxygens (including phenoxy) is 1. The zero-order chi connectivity index (χ0) is 18.5. The second-order valence-corrected chi connectivity index (χ2v) is 7.13. The van der Waals surface area contributed by atoms with Gasteiger partial charge in [0.05, 0.1) is 6.61 Å². The monoisotopic (exact) mass is 352 g/mol. The van der Waals surface area contributed by atoms with Crippen molar-refractivity contribution in [1.82, 2.24) is 5.32 Å². The summed E-state index contributed by atoms with van der Waals surface area (Å²) in [4.78, 5) is 14.8. The number of para-hydroxylation sites is 1. The average molecular weight is 352 g/mol. The second-order valence-electron chi connectivity index (χ2n) is 7.13. The first kappa shape index (κ1) is 18.3. The maximum atomic E-state index is 12.5. The topological polar surface area (TPSA) is 41.6 Å². The number of carbonyl (C=O) groups is 1. The van der Waals surface area contributed by atoms with Crippen LogP contribution in [0.4, 0.5) is 5.69 Å². The molecule has 26 heavy (non-hydrogen) atoms. The van der Waals surface area contributed by atoms with E-state index >= 15 is 0 Å². The number of nitrogens with one attached hydrogen (secondary N) is 1. The number of hydrogen-bond acceptors (Lipinski definition) is 3. The first-order valence-corrected chi connectivity index (χ1v) is 9.44. The van der Waals surface area contributed by atoms with Crippen molar-refractivity contribution >= 4 is 11.6 Å². The summed E-state index contributed by atoms with van der Waals surface area (Å²) < 4.78 is 5.79. The molecule has 4 heteroatoms. The number of fused-ring (bicyclic) bond motifs is 1. The Labute approximate surface area is 156 Å². The third kappa shape index (κ3) is 4.18. The summed E-state index contributed by atoms with van der Waals surface area (Å²) in [7, 11) is 0. The van der Waals surface area contributed by atoms with Crippen LogP contribution in [0.1, 0.15) is 36.7 Å². The van der Waals surface area contributed by atoms with Crippen LogP contribution in [-0.2, 0) is 6.42 Å². The van der Waals surface area contributed by atoms with E-state index < -0.39 is 0 Å². The Balaban J connectivity index is 1.56. The van der Waals surface area contributed by atoms with Gasteiger partial charge in [0.1, 0.15) is 5.75 Å². The molecule has 0 spiro atoms. The van der Waals surface area contributed by atoms with E-state index in [4.69, 9.17) is 4.74 Å². The summed E-state index contributed by atoms with van der Waals surface area (Å²) >= 11 is 0. The van der Waals surface area contributed by atoms with Crippen LogP contribution < -0.4 is 15.0 Å². The fourth-order valence-corrected chi connectivity index (χ4v) is 3.51. The Hall–Kier alpha value is -2.49. The maximum absolute atomic E-state index is 12.5. The molecule has 0 bridgehead atoms. The smallest absolute Gasteiger partial charge is 0.251 e. The number of nitrogens with zero attached hydrogens (tertiary/aromatic N) is 1. The van der Waals surface area contributed by atoms with E-state index in [0.29, 0.717) is 30.7 Å². The van der Waals surface area contributed by atoms with Crippen molar-refractivity contribution in [1.29, 1.82) is 0 Å². The average Bonchev–Trinajstić information content (AvgIpc) is 2.66. The van der Waals surface area contributed by atoms with E-state index in [1.807, 2.05) is 42.5 Å². The molecule has 0 saturated carbocycles. The molecule has 4 nitrogen and oxygen atoms in total. The molecule has 1 N–H and O–H groups in total. The van der Waals surface area contributed by atoms with Gasteiger partial charge >= 0.3 is 0 Å². The molecule has 0 aliphatic carbocycles. The van der Waals surface area contributed by atoms with E-state index in [9.17, 15) is 4.79 Å². The zero-order valence-corrected chi connectivity index (χ0v) is 15.9. The molecule has 1 amide bonds. The second kappa shape index (κ2) is 8.26. The lowest BCUT2D eigenvalue weighted by Crippen LogP contribution is -2.35. The van der Waals surface area contributed by atoms with Crippen molar-refractivity contribution in [2.45, 2.75) is 33.2 Å². The lowest BCUT2D eigenvalue weighted by molar-refractivity contribution is 0.0939. The molecule has 0 saturated heterocycles. The van der Waals surface area contributed by atoms with E-state index in [0.717, 1.165) is 24.4 Å². The predicted octanol–water partition coefficient (Wildman–Crippen LogP) is 3.90. The quantitative estimate of drug-likeness (QED) is 0.857. The summed E-state index contributed by atoms with van der Waals surface area (Å²) in [6.07, 6.45) is 0.940. The molecule has 1 unspecified atom stereocenters. The lowest BCUT2D eigenvalue weighted by atomic mass is 9.96. The standard InChI is InChI=1S/C22H28N2O2/c1-4-24(16(2)3)20-11-9-18(10-12-20)22(25)23-14-17-13-19-7-5-6-8-21(19)26-15-17/h5-12,16-17H,4,13-15H2,1-3H3,(H,23,25). The third-order valence-electron chi connectivity index (χ3n) is 4.93. The van der Waals surface area contributed by atoms with Gasteiger partial charge in [0, 0.05) is 36.3 Å². The minimum absolute atomic E-state index is 0.0250. The highest BCUT2D eigenvalue weighted by Gasteiger charge is 2.20. The van der Waals surface area contributed by atoms with E-state index in [2.05, 4.69) is 37.1 Å². The number of benzene rings is 2. The highest BCUT2D eigenvalue weighted by molar-refractivity contribution is 5.94. The van der Waals surface area contributed by atoms with Gasteiger partial charge in [0.15, 0.2) is 0 Å². The number of hydrogen-bond donors (Lipinski definition) is 1. The van der Waals surface area contributed by atoms with Crippen LogP contribution in [0.3, 0.4) is 0 Å². The molecule has 1 aliphatic rings. The van der Waals surface area contributed by atoms with Crippen molar-refractivity contribution in [3.05, 3.63) is 59.7 Å². The van der Waals surface area contributed by atoms with Gasteiger partial charge < -0.3 is 15.0 Å². The first-order valence-electron chi connectivity index (χ1n) is 9.44. The van der Waals surface area contributed by atoms with Crippen LogP contribution in [-0.4, -0.2) is 31.6 Å². The third-order valence-corrected chi connectivity index (χ3v) is 4.93. The molecule has 0 fully saturated rings. The summed E-state index contributed by atoms with van der Waals surface area (Å²) in [5, 5.41) is 3.05. The van der Waals surface area contributed by atoms with Crippen molar-refractivity contribution in [2.24, 2.45) is 5.92 Å². The molecular formula is C22H28N2O2. The van der Waals surface area contributed by atoms with Crippen molar-refractivity contribution in [3.8, 4) is 5.75 Å². The summed E-state index contributed by atoms with van der Waals surface area (Å²) in [5.74, 6) is 1.25. The molecule has 2 aromatic rings. The molecule has 1 aliphatic heterocycles. The minimum atomic E-state index is -0.0250. The molecule has 1 atom stereocenters. The van der Waals surface area contributed by atoms with Crippen molar-refractivity contribution in [2.75, 3.05) is 24.6 Å². The fourth-order valence-electron chi connectivity index (χ4n) is 3.51. The van der Waals surface area contributed by atoms with Gasteiger partial charge in [0.25, 0.3) is 5.91 Å². The molecule has 0 aromatic heterocycles. The van der Waals surface area contributed by atoms with Crippen molar-refractivity contribution < 1.29 is 9.53 Å². The summed E-state index contributed by atoms with van der Waals surface area (Å²) in [6, 6.07) is 16.4. The van der Waals surface area contributed by atoms with Gasteiger partial charge in [-0.1, -0.05) is 18.2 Å². The molecular weight excluding hydrogens is 324 g/mol. The van der Waals surface area contributed by atoms with Crippen LogP contribution in [0.15, 0.2) is 48.5 Å². The van der Waals surface area contributed by atoms with Crippen LogP contribution in [0.5, 0.6) is 5.75 Å². The minimum Gasteiger partial charge on any atom is -0.493 e. The molecule has 3 rings (SSSR count). The van der Waals surface area contributed by atoms with Crippen LogP contribution in [0.2, 0.25) is 0 Å². The van der Waals surface area contributed by atoms with Gasteiger partial charge in [-0.15, -0.1) is 0 Å². The number of anilines is 1. The fraction of sp³-hybridized carbons (Fsp3) is 0.409. The molecule has 0 radical (unpaired) electrons. The van der Waals surface area contributed by atoms with E-state index in [-0.39, 0.29) is 5.91 Å². The number of carbonyl (C=O) groups excluding carboxylic acids is 1. The van der Waals surface area contributed by atoms with E-state index in [1.54, 1.807) is 0 Å². The van der Waals surface area contributed by atoms with Crippen LogP contribution in [0, 0.1) is 5.92 Å². The Bertz CT molecular complexity index is 740. The van der Waals surface area contributed by atoms with E-state index in [1.165, 1.54) is 5.56 Å². The zero-order valence-electron chi connectivity index (χ0n) is 15.9. The number of rotatable bonds is 6. The van der Waals surface area contributed by atoms with Gasteiger partial charge in [-0.25, -0.2) is 0 Å². The number of amides is 1.